The molecule has 0 aromatic rings. The Balaban J connectivity index is 4.86. The zero-order valence-electron chi connectivity index (χ0n) is 14.3. The van der Waals surface area contributed by atoms with Crippen LogP contribution in [0.1, 0.15) is 34.1 Å². The van der Waals surface area contributed by atoms with Crippen LogP contribution in [-0.4, -0.2) is 78.1 Å². The maximum Gasteiger partial charge on any atom is 0.320 e. The highest BCUT2D eigenvalue weighted by molar-refractivity contribution is 5.75. The van der Waals surface area contributed by atoms with Crippen molar-refractivity contribution in [2.24, 2.45) is 5.92 Å². The van der Waals surface area contributed by atoms with Crippen molar-refractivity contribution in [1.82, 2.24) is 14.7 Å². The van der Waals surface area contributed by atoms with Crippen molar-refractivity contribution in [2.75, 3.05) is 40.3 Å². The number of aliphatic carboxylic acids is 1. The standard InChI is InChI=1S/C15H31N3O3/c1-12(2)11-17(10-9-16(5)6)15(21)18(13(3)4)8-7-14(19)20/h12-13H,7-11H2,1-6H3,(H,19,20). The monoisotopic (exact) mass is 301 g/mol. The number of hydrogen-bond donors (Lipinski definition) is 1. The van der Waals surface area contributed by atoms with Gasteiger partial charge in [-0.2, -0.15) is 0 Å². The highest BCUT2D eigenvalue weighted by Gasteiger charge is 2.24. The lowest BCUT2D eigenvalue weighted by molar-refractivity contribution is -0.137. The van der Waals surface area contributed by atoms with Gasteiger partial charge in [0.1, 0.15) is 0 Å². The molecule has 1 N–H and O–H groups in total. The summed E-state index contributed by atoms with van der Waals surface area (Å²) in [5, 5.41) is 8.83. The number of rotatable bonds is 9. The lowest BCUT2D eigenvalue weighted by Crippen LogP contribution is -2.49. The summed E-state index contributed by atoms with van der Waals surface area (Å²) < 4.78 is 0. The third-order valence-corrected chi connectivity index (χ3v) is 3.11. The van der Waals surface area contributed by atoms with Gasteiger partial charge in [-0.25, -0.2) is 4.79 Å². The number of likely N-dealkylation sites (N-methyl/N-ethyl adjacent to an activating group) is 1. The lowest BCUT2D eigenvalue weighted by Gasteiger charge is -2.34. The molecule has 0 rings (SSSR count). The van der Waals surface area contributed by atoms with Crippen LogP contribution in [0.4, 0.5) is 4.79 Å². The fraction of sp³-hybridized carbons (Fsp3) is 0.867. The van der Waals surface area contributed by atoms with Gasteiger partial charge in [-0.05, 0) is 33.9 Å². The molecule has 2 amide bonds. The van der Waals surface area contributed by atoms with Gasteiger partial charge >= 0.3 is 12.0 Å². The molecule has 0 atom stereocenters. The molecule has 0 fully saturated rings. The molecule has 0 spiro atoms. The molecule has 6 nitrogen and oxygen atoms in total. The molecule has 0 aliphatic rings. The highest BCUT2D eigenvalue weighted by atomic mass is 16.4. The average Bonchev–Trinajstić information content (AvgIpc) is 2.32. The Morgan fingerprint density at radius 3 is 1.95 bits per heavy atom. The second-order valence-corrected chi connectivity index (χ2v) is 6.36. The number of carbonyl (C=O) groups excluding carboxylic acids is 1. The molecule has 0 aromatic carbocycles. The first kappa shape index (κ1) is 19.7. The number of amides is 2. The van der Waals surface area contributed by atoms with E-state index in [1.54, 1.807) is 4.90 Å². The first-order valence-corrected chi connectivity index (χ1v) is 7.57. The second kappa shape index (κ2) is 9.60. The van der Waals surface area contributed by atoms with Crippen LogP contribution >= 0.6 is 0 Å². The minimum Gasteiger partial charge on any atom is -0.481 e. The zero-order valence-corrected chi connectivity index (χ0v) is 14.3. The molecule has 6 heteroatoms. The van der Waals surface area contributed by atoms with Crippen LogP contribution in [0.25, 0.3) is 0 Å². The fourth-order valence-electron chi connectivity index (χ4n) is 2.00. The predicted octanol–water partition coefficient (Wildman–Crippen LogP) is 1.81. The second-order valence-electron chi connectivity index (χ2n) is 6.36. The van der Waals surface area contributed by atoms with Gasteiger partial charge in [0.2, 0.25) is 0 Å². The number of nitrogens with zero attached hydrogens (tertiary/aromatic N) is 3. The van der Waals surface area contributed by atoms with E-state index < -0.39 is 5.97 Å². The van der Waals surface area contributed by atoms with Crippen molar-refractivity contribution in [3.63, 3.8) is 0 Å². The van der Waals surface area contributed by atoms with E-state index in [0.29, 0.717) is 19.0 Å². The van der Waals surface area contributed by atoms with Crippen molar-refractivity contribution in [1.29, 1.82) is 0 Å². The van der Waals surface area contributed by atoms with Crippen LogP contribution in [-0.2, 0) is 4.79 Å². The zero-order chi connectivity index (χ0) is 16.6. The molecule has 0 bridgehead atoms. The Labute approximate surface area is 128 Å². The van der Waals surface area contributed by atoms with Crippen molar-refractivity contribution in [3.05, 3.63) is 0 Å². The summed E-state index contributed by atoms with van der Waals surface area (Å²) in [7, 11) is 3.95. The third-order valence-electron chi connectivity index (χ3n) is 3.11. The van der Waals surface area contributed by atoms with E-state index >= 15 is 0 Å². The van der Waals surface area contributed by atoms with Gasteiger partial charge in [0.25, 0.3) is 0 Å². The largest absolute Gasteiger partial charge is 0.481 e. The summed E-state index contributed by atoms with van der Waals surface area (Å²) in [6.45, 7) is 10.4. The van der Waals surface area contributed by atoms with E-state index in [2.05, 4.69) is 13.8 Å². The van der Waals surface area contributed by atoms with Gasteiger partial charge < -0.3 is 19.8 Å². The van der Waals surface area contributed by atoms with Gasteiger partial charge in [0.15, 0.2) is 0 Å². The molecule has 124 valence electrons. The quantitative estimate of drug-likeness (QED) is 0.705. The molecule has 0 aromatic heterocycles. The number of carboxylic acid groups (broad SMARTS) is 1. The van der Waals surface area contributed by atoms with Crippen molar-refractivity contribution in [2.45, 2.75) is 40.2 Å². The molecular weight excluding hydrogens is 270 g/mol. The SMILES string of the molecule is CC(C)CN(CCN(C)C)C(=O)N(CCC(=O)O)C(C)C. The van der Waals surface area contributed by atoms with E-state index in [9.17, 15) is 9.59 Å². The first-order valence-electron chi connectivity index (χ1n) is 7.57. The maximum atomic E-state index is 12.7. The van der Waals surface area contributed by atoms with Crippen LogP contribution in [0.3, 0.4) is 0 Å². The minimum absolute atomic E-state index is 0.00846. The van der Waals surface area contributed by atoms with E-state index in [-0.39, 0.29) is 25.0 Å². The molecule has 0 heterocycles. The maximum absolute atomic E-state index is 12.7. The van der Waals surface area contributed by atoms with Gasteiger partial charge in [-0.1, -0.05) is 13.8 Å². The molecule has 0 saturated carbocycles. The average molecular weight is 301 g/mol. The van der Waals surface area contributed by atoms with Gasteiger partial charge in [0, 0.05) is 32.2 Å². The Bertz CT molecular complexity index is 330. The summed E-state index contributed by atoms with van der Waals surface area (Å²) in [6.07, 6.45) is -0.0207. The van der Waals surface area contributed by atoms with E-state index in [1.165, 1.54) is 0 Å². The summed E-state index contributed by atoms with van der Waals surface area (Å²) >= 11 is 0. The van der Waals surface area contributed by atoms with Crippen LogP contribution in [0.5, 0.6) is 0 Å². The topological polar surface area (TPSA) is 64.1 Å². The van der Waals surface area contributed by atoms with Crippen LogP contribution in [0.2, 0.25) is 0 Å². The van der Waals surface area contributed by atoms with E-state index in [0.717, 1.165) is 6.54 Å². The molecule has 0 radical (unpaired) electrons. The van der Waals surface area contributed by atoms with E-state index in [1.807, 2.05) is 37.7 Å². The number of carboxylic acids is 1. The third kappa shape index (κ3) is 8.55. The van der Waals surface area contributed by atoms with Gasteiger partial charge in [-0.3, -0.25) is 4.79 Å². The number of urea groups is 1. The Kier molecular flexibility index (Phi) is 9.01. The van der Waals surface area contributed by atoms with Crippen LogP contribution in [0.15, 0.2) is 0 Å². The summed E-state index contributed by atoms with van der Waals surface area (Å²) in [6, 6.07) is -0.0762. The van der Waals surface area contributed by atoms with Crippen LogP contribution in [0, 0.1) is 5.92 Å². The van der Waals surface area contributed by atoms with Crippen molar-refractivity contribution < 1.29 is 14.7 Å². The number of hydrogen-bond acceptors (Lipinski definition) is 3. The Morgan fingerprint density at radius 2 is 1.57 bits per heavy atom. The van der Waals surface area contributed by atoms with Gasteiger partial charge in [-0.15, -0.1) is 0 Å². The minimum atomic E-state index is -0.878. The highest BCUT2D eigenvalue weighted by Crippen LogP contribution is 2.09. The fourth-order valence-corrected chi connectivity index (χ4v) is 2.00. The number of carbonyl (C=O) groups is 2. The molecular formula is C15H31N3O3. The molecule has 21 heavy (non-hydrogen) atoms. The molecule has 0 saturated heterocycles. The van der Waals surface area contributed by atoms with E-state index in [4.69, 9.17) is 5.11 Å². The smallest absolute Gasteiger partial charge is 0.320 e. The summed E-state index contributed by atoms with van der Waals surface area (Å²) in [5.41, 5.74) is 0. The van der Waals surface area contributed by atoms with Gasteiger partial charge in [0.05, 0.1) is 6.42 Å². The Morgan fingerprint density at radius 1 is 1.00 bits per heavy atom. The summed E-state index contributed by atoms with van der Waals surface area (Å²) in [4.78, 5) is 28.9. The molecule has 0 aliphatic carbocycles. The summed E-state index contributed by atoms with van der Waals surface area (Å²) in [5.74, 6) is -0.498. The van der Waals surface area contributed by atoms with Crippen LogP contribution < -0.4 is 0 Å². The predicted molar refractivity (Wildman–Crippen MR) is 84.5 cm³/mol. The first-order chi connectivity index (χ1) is 9.65. The molecule has 0 unspecified atom stereocenters. The molecule has 0 aliphatic heterocycles. The Hall–Kier alpha value is -1.30. The normalized spacial score (nSPS) is 11.3. The lowest BCUT2D eigenvalue weighted by atomic mass is 10.2. The van der Waals surface area contributed by atoms with Crippen molar-refractivity contribution >= 4 is 12.0 Å². The van der Waals surface area contributed by atoms with Crippen molar-refractivity contribution in [3.8, 4) is 0 Å².